The molecule has 0 atom stereocenters. The maximum atomic E-state index is 13.1. The minimum atomic E-state index is -0.215. The predicted molar refractivity (Wildman–Crippen MR) is 126 cm³/mol. The molecule has 0 spiro atoms. The number of nitrogens with one attached hydrogen (secondary N) is 2. The van der Waals surface area contributed by atoms with E-state index in [-0.39, 0.29) is 5.91 Å². The zero-order valence-electron chi connectivity index (χ0n) is 18.4. The molecule has 0 aliphatic carbocycles. The van der Waals surface area contributed by atoms with Crippen LogP contribution in [0.1, 0.15) is 15.9 Å². The third-order valence-electron chi connectivity index (χ3n) is 5.73. The lowest BCUT2D eigenvalue weighted by molar-refractivity contribution is 0.0339. The van der Waals surface area contributed by atoms with Gasteiger partial charge in [-0.1, -0.05) is 18.2 Å². The highest BCUT2D eigenvalue weighted by Crippen LogP contribution is 2.28. The van der Waals surface area contributed by atoms with Crippen molar-refractivity contribution in [3.63, 3.8) is 0 Å². The molecule has 1 saturated heterocycles. The summed E-state index contributed by atoms with van der Waals surface area (Å²) in [7, 11) is 1.63. The van der Waals surface area contributed by atoms with Gasteiger partial charge in [0.25, 0.3) is 5.91 Å². The second-order valence-corrected chi connectivity index (χ2v) is 7.87. The fourth-order valence-electron chi connectivity index (χ4n) is 3.98. The van der Waals surface area contributed by atoms with Gasteiger partial charge in [0, 0.05) is 42.5 Å². The fourth-order valence-corrected chi connectivity index (χ4v) is 3.98. The van der Waals surface area contributed by atoms with Crippen molar-refractivity contribution in [2.45, 2.75) is 6.54 Å². The normalized spacial score (nSPS) is 14.3. The Hall–Kier alpha value is -3.75. The summed E-state index contributed by atoms with van der Waals surface area (Å²) in [6.07, 6.45) is 1.71. The number of amides is 1. The third kappa shape index (κ3) is 4.57. The summed E-state index contributed by atoms with van der Waals surface area (Å²) in [5.41, 5.74) is 4.51. The summed E-state index contributed by atoms with van der Waals surface area (Å²) in [5, 5.41) is 3.02. The van der Waals surface area contributed by atoms with Gasteiger partial charge in [0.1, 0.15) is 11.6 Å². The highest BCUT2D eigenvalue weighted by molar-refractivity contribution is 6.06. The molecule has 2 N–H and O–H groups in total. The number of carbonyl (C=O) groups excluding carboxylic acids is 1. The molecule has 0 unspecified atom stereocenters. The first-order valence-electron chi connectivity index (χ1n) is 10.9. The van der Waals surface area contributed by atoms with E-state index >= 15 is 0 Å². The van der Waals surface area contributed by atoms with Crippen LogP contribution in [0, 0.1) is 0 Å². The van der Waals surface area contributed by atoms with Gasteiger partial charge in [-0.05, 0) is 36.4 Å². The molecule has 1 fully saturated rings. The van der Waals surface area contributed by atoms with E-state index in [2.05, 4.69) is 25.2 Å². The maximum absolute atomic E-state index is 13.1. The molecular formula is C25H25N5O3. The number of morpholine rings is 1. The first-order valence-corrected chi connectivity index (χ1v) is 10.9. The number of hydrogen-bond acceptors (Lipinski definition) is 6. The molecule has 33 heavy (non-hydrogen) atoms. The average Bonchev–Trinajstić information content (AvgIpc) is 3.29. The number of fused-ring (bicyclic) bond motifs is 1. The fraction of sp³-hybridized carbons (Fsp3) is 0.240. The largest absolute Gasteiger partial charge is 0.496 e. The Bertz CT molecular complexity index is 1250. The molecule has 168 valence electrons. The predicted octanol–water partition coefficient (Wildman–Crippen LogP) is 3.72. The summed E-state index contributed by atoms with van der Waals surface area (Å²) in [4.78, 5) is 27.5. The number of pyridine rings is 1. The molecule has 1 aliphatic rings. The Morgan fingerprint density at radius 1 is 1.15 bits per heavy atom. The van der Waals surface area contributed by atoms with Crippen molar-refractivity contribution in [3.8, 4) is 17.1 Å². The Labute approximate surface area is 191 Å². The van der Waals surface area contributed by atoms with E-state index in [0.29, 0.717) is 28.5 Å². The summed E-state index contributed by atoms with van der Waals surface area (Å²) in [6.45, 7) is 4.02. The molecule has 5 rings (SSSR count). The van der Waals surface area contributed by atoms with Crippen LogP contribution in [0.4, 0.5) is 5.69 Å². The average molecular weight is 444 g/mol. The molecule has 1 aliphatic heterocycles. The molecule has 2 aromatic heterocycles. The van der Waals surface area contributed by atoms with Crippen molar-refractivity contribution in [1.29, 1.82) is 0 Å². The highest BCUT2D eigenvalue weighted by atomic mass is 16.5. The van der Waals surface area contributed by atoms with Gasteiger partial charge in [-0.25, -0.2) is 9.97 Å². The lowest BCUT2D eigenvalue weighted by Gasteiger charge is -2.27. The Kier molecular flexibility index (Phi) is 6.01. The lowest BCUT2D eigenvalue weighted by atomic mass is 10.1. The highest BCUT2D eigenvalue weighted by Gasteiger charge is 2.17. The molecule has 0 bridgehead atoms. The van der Waals surface area contributed by atoms with Crippen molar-refractivity contribution < 1.29 is 14.3 Å². The van der Waals surface area contributed by atoms with E-state index < -0.39 is 0 Å². The number of ether oxygens (including phenoxy) is 2. The van der Waals surface area contributed by atoms with Crippen LogP contribution in [0.3, 0.4) is 0 Å². The van der Waals surface area contributed by atoms with Crippen LogP contribution in [-0.2, 0) is 11.3 Å². The van der Waals surface area contributed by atoms with Gasteiger partial charge in [-0.15, -0.1) is 0 Å². The van der Waals surface area contributed by atoms with Crippen LogP contribution >= 0.6 is 0 Å². The standard InChI is InChI=1S/C25H25N5O3/c1-32-22-15-17(8-9-18(22)16-30-11-13-33-14-12-30)25(31)28-20-6-3-2-5-19(20)23-27-21-7-4-10-26-24(21)29-23/h2-10,15H,11-14,16H2,1H3,(H,28,31)(H,26,27,29). The van der Waals surface area contributed by atoms with Crippen LogP contribution in [0.2, 0.25) is 0 Å². The first kappa shape index (κ1) is 21.1. The van der Waals surface area contributed by atoms with Crippen LogP contribution < -0.4 is 10.1 Å². The number of imidazole rings is 1. The quantitative estimate of drug-likeness (QED) is 0.472. The molecule has 0 saturated carbocycles. The number of carbonyl (C=O) groups is 1. The number of hydrogen-bond donors (Lipinski definition) is 2. The van der Waals surface area contributed by atoms with Crippen molar-refractivity contribution in [2.75, 3.05) is 38.7 Å². The van der Waals surface area contributed by atoms with Crippen molar-refractivity contribution in [1.82, 2.24) is 19.9 Å². The number of aromatic nitrogens is 3. The van der Waals surface area contributed by atoms with Crippen molar-refractivity contribution in [2.24, 2.45) is 0 Å². The number of para-hydroxylation sites is 1. The molecular weight excluding hydrogens is 418 g/mol. The molecule has 8 heteroatoms. The van der Waals surface area contributed by atoms with E-state index in [1.54, 1.807) is 19.4 Å². The van der Waals surface area contributed by atoms with Gasteiger partial charge in [-0.2, -0.15) is 0 Å². The molecule has 4 aromatic rings. The number of methoxy groups -OCH3 is 1. The van der Waals surface area contributed by atoms with E-state index in [1.165, 1.54) is 0 Å². The van der Waals surface area contributed by atoms with Gasteiger partial charge < -0.3 is 19.8 Å². The van der Waals surface area contributed by atoms with Crippen LogP contribution in [0.25, 0.3) is 22.6 Å². The summed E-state index contributed by atoms with van der Waals surface area (Å²) < 4.78 is 11.0. The van der Waals surface area contributed by atoms with Gasteiger partial charge in [0.15, 0.2) is 5.65 Å². The van der Waals surface area contributed by atoms with E-state index in [9.17, 15) is 4.79 Å². The van der Waals surface area contributed by atoms with Crippen molar-refractivity contribution >= 4 is 22.8 Å². The number of anilines is 1. The third-order valence-corrected chi connectivity index (χ3v) is 5.73. The Morgan fingerprint density at radius 2 is 2.00 bits per heavy atom. The summed E-state index contributed by atoms with van der Waals surface area (Å²) in [5.74, 6) is 1.14. The lowest BCUT2D eigenvalue weighted by Crippen LogP contribution is -2.35. The van der Waals surface area contributed by atoms with Gasteiger partial charge >= 0.3 is 0 Å². The number of rotatable bonds is 6. The maximum Gasteiger partial charge on any atom is 0.255 e. The van der Waals surface area contributed by atoms with Crippen LogP contribution in [0.15, 0.2) is 60.8 Å². The van der Waals surface area contributed by atoms with Crippen molar-refractivity contribution in [3.05, 3.63) is 71.9 Å². The molecule has 8 nitrogen and oxygen atoms in total. The molecule has 0 radical (unpaired) electrons. The monoisotopic (exact) mass is 443 g/mol. The number of aromatic amines is 1. The van der Waals surface area contributed by atoms with Gasteiger partial charge in [0.05, 0.1) is 31.5 Å². The smallest absolute Gasteiger partial charge is 0.255 e. The first-order chi connectivity index (χ1) is 16.2. The number of nitrogens with zero attached hydrogens (tertiary/aromatic N) is 3. The molecule has 3 heterocycles. The zero-order valence-corrected chi connectivity index (χ0v) is 18.4. The second-order valence-electron chi connectivity index (χ2n) is 7.87. The zero-order chi connectivity index (χ0) is 22.6. The van der Waals surface area contributed by atoms with Gasteiger partial charge in [-0.3, -0.25) is 9.69 Å². The minimum Gasteiger partial charge on any atom is -0.496 e. The SMILES string of the molecule is COc1cc(C(=O)Nc2ccccc2-c2nc3ncccc3[nH]2)ccc1CN1CCOCC1. The van der Waals surface area contributed by atoms with E-state index in [1.807, 2.05) is 48.5 Å². The Morgan fingerprint density at radius 3 is 2.82 bits per heavy atom. The topological polar surface area (TPSA) is 92.4 Å². The molecule has 2 aromatic carbocycles. The minimum absolute atomic E-state index is 0.215. The van der Waals surface area contributed by atoms with E-state index in [4.69, 9.17) is 9.47 Å². The van der Waals surface area contributed by atoms with E-state index in [0.717, 1.165) is 49.5 Å². The van der Waals surface area contributed by atoms with Gasteiger partial charge in [0.2, 0.25) is 0 Å². The summed E-state index contributed by atoms with van der Waals surface area (Å²) >= 11 is 0. The molecule has 1 amide bonds. The Balaban J connectivity index is 1.37. The van der Waals surface area contributed by atoms with Crippen LogP contribution in [0.5, 0.6) is 5.75 Å². The number of benzene rings is 2. The number of H-pyrrole nitrogens is 1. The summed E-state index contributed by atoms with van der Waals surface area (Å²) in [6, 6.07) is 16.9. The second kappa shape index (κ2) is 9.40. The van der Waals surface area contributed by atoms with Crippen LogP contribution in [-0.4, -0.2) is 59.2 Å².